The molecule has 0 heterocycles. The second kappa shape index (κ2) is 17.0. The Morgan fingerprint density at radius 2 is 0.544 bits per heavy atom. The van der Waals surface area contributed by atoms with Gasteiger partial charge in [0.25, 0.3) is 0 Å². The monoisotopic (exact) mass is 750 g/mol. The van der Waals surface area contributed by atoms with Crippen molar-refractivity contribution in [2.75, 3.05) is 34.4 Å². The van der Waals surface area contributed by atoms with Gasteiger partial charge in [-0.3, -0.25) is 0 Å². The first-order chi connectivity index (χ1) is 27.6. The molecule has 8 rings (SSSR count). The molecule has 0 saturated carbocycles. The molecule has 0 saturated heterocycles. The van der Waals surface area contributed by atoms with Crippen molar-refractivity contribution in [2.24, 2.45) is 0 Å². The summed E-state index contributed by atoms with van der Waals surface area (Å²) in [6.07, 6.45) is 0. The molecule has 12 N–H and O–H groups in total. The van der Waals surface area contributed by atoms with Gasteiger partial charge >= 0.3 is 0 Å². The van der Waals surface area contributed by atoms with Gasteiger partial charge in [-0.05, 0) is 106 Å². The molecule has 0 aliphatic heterocycles. The predicted octanol–water partition coefficient (Wildman–Crippen LogP) is 11.2. The highest BCUT2D eigenvalue weighted by molar-refractivity contribution is 5.95. The van der Waals surface area contributed by atoms with Crippen molar-refractivity contribution in [1.29, 1.82) is 0 Å². The number of nitrogens with two attached hydrogens (primary N) is 6. The van der Waals surface area contributed by atoms with E-state index < -0.39 is 0 Å². The van der Waals surface area contributed by atoms with Crippen LogP contribution in [-0.2, 0) is 0 Å². The molecule has 0 unspecified atom stereocenters. The van der Waals surface area contributed by atoms with Crippen LogP contribution in [0.1, 0.15) is 0 Å². The molecule has 0 amide bonds. The van der Waals surface area contributed by atoms with Crippen LogP contribution in [0.5, 0.6) is 34.5 Å². The van der Waals surface area contributed by atoms with E-state index in [2.05, 4.69) is 54.6 Å². The quantitative estimate of drug-likeness (QED) is 0.0781. The lowest BCUT2D eigenvalue weighted by molar-refractivity contribution is 0.440. The standard InChI is InChI=1S/C24H21N3O3.C24H21N3/c25-16-4-1-7-19(10-16)28-22-13-23(29-20-8-2-5-17(26)11-20)15-24(14-22)30-21-9-3-6-18(27)12-21;25-19-10-4-16(5-11-19)22-2-1-3-23(17-6-12-20(26)13-7-17)24(22)18-8-14-21(27)15-9-18/h1-15H,25-27H2;1-15H,25-27H2. The Hall–Kier alpha value is -8.04. The van der Waals surface area contributed by atoms with Gasteiger partial charge in [-0.1, -0.05) is 72.8 Å². The highest BCUT2D eigenvalue weighted by Gasteiger charge is 2.14. The molecular formula is C48H42N6O3. The van der Waals surface area contributed by atoms with Crippen molar-refractivity contribution >= 4 is 34.1 Å². The van der Waals surface area contributed by atoms with Gasteiger partial charge in [0.05, 0.1) is 0 Å². The van der Waals surface area contributed by atoms with Crippen molar-refractivity contribution < 1.29 is 14.2 Å². The third-order valence-electron chi connectivity index (χ3n) is 8.84. The average Bonchev–Trinajstić information content (AvgIpc) is 3.19. The number of benzene rings is 8. The number of ether oxygens (including phenoxy) is 3. The summed E-state index contributed by atoms with van der Waals surface area (Å²) in [4.78, 5) is 0. The first kappa shape index (κ1) is 37.3. The Morgan fingerprint density at radius 3 is 0.860 bits per heavy atom. The van der Waals surface area contributed by atoms with Crippen LogP contribution in [0.3, 0.4) is 0 Å². The van der Waals surface area contributed by atoms with E-state index in [1.54, 1.807) is 54.6 Å². The third kappa shape index (κ3) is 9.74. The van der Waals surface area contributed by atoms with Gasteiger partial charge in [-0.2, -0.15) is 0 Å². The Balaban J connectivity index is 0.000000175. The Labute approximate surface area is 331 Å². The maximum absolute atomic E-state index is 5.97. The van der Waals surface area contributed by atoms with Gasteiger partial charge in [0.2, 0.25) is 0 Å². The van der Waals surface area contributed by atoms with Crippen LogP contribution in [-0.4, -0.2) is 0 Å². The molecule has 8 aromatic carbocycles. The van der Waals surface area contributed by atoms with Crippen LogP contribution >= 0.6 is 0 Å². The van der Waals surface area contributed by atoms with Crippen LogP contribution < -0.4 is 48.6 Å². The van der Waals surface area contributed by atoms with Gasteiger partial charge in [-0.15, -0.1) is 0 Å². The zero-order chi connectivity index (χ0) is 39.7. The SMILES string of the molecule is Nc1ccc(-c2cccc(-c3ccc(N)cc3)c2-c2ccc(N)cc2)cc1.Nc1cccc(Oc2cc(Oc3cccc(N)c3)cc(Oc3cccc(N)c3)c2)c1. The number of nitrogen functional groups attached to an aromatic ring is 6. The van der Waals surface area contributed by atoms with Gasteiger partial charge in [-0.25, -0.2) is 0 Å². The Kier molecular flexibility index (Phi) is 11.1. The summed E-state index contributed by atoms with van der Waals surface area (Å²) in [5, 5.41) is 0. The first-order valence-corrected chi connectivity index (χ1v) is 18.1. The second-order valence-corrected chi connectivity index (χ2v) is 13.3. The maximum atomic E-state index is 5.97. The summed E-state index contributed by atoms with van der Waals surface area (Å²) < 4.78 is 17.9. The number of rotatable bonds is 9. The average molecular weight is 751 g/mol. The molecule has 0 bridgehead atoms. The zero-order valence-electron chi connectivity index (χ0n) is 31.0. The number of hydrogen-bond donors (Lipinski definition) is 6. The first-order valence-electron chi connectivity index (χ1n) is 18.1. The van der Waals surface area contributed by atoms with Crippen LogP contribution in [0.2, 0.25) is 0 Å². The lowest BCUT2D eigenvalue weighted by Gasteiger charge is -2.17. The topological polar surface area (TPSA) is 184 Å². The molecule has 0 atom stereocenters. The summed E-state index contributed by atoms with van der Waals surface area (Å²) in [5.74, 6) is 3.39. The molecule has 0 aliphatic carbocycles. The minimum atomic E-state index is 0.529. The molecule has 0 aliphatic rings. The highest BCUT2D eigenvalue weighted by Crippen LogP contribution is 2.41. The maximum Gasteiger partial charge on any atom is 0.134 e. The molecule has 282 valence electrons. The van der Waals surface area contributed by atoms with Crippen molar-refractivity contribution in [3.8, 4) is 67.9 Å². The van der Waals surface area contributed by atoms with Gasteiger partial charge in [0, 0.05) is 70.5 Å². The number of hydrogen-bond acceptors (Lipinski definition) is 9. The van der Waals surface area contributed by atoms with E-state index in [0.29, 0.717) is 51.6 Å². The molecule has 0 aromatic heterocycles. The lowest BCUT2D eigenvalue weighted by Crippen LogP contribution is -1.93. The fraction of sp³-hybridized carbons (Fsp3) is 0. The predicted molar refractivity (Wildman–Crippen MR) is 235 cm³/mol. The molecule has 9 nitrogen and oxygen atoms in total. The van der Waals surface area contributed by atoms with E-state index in [0.717, 1.165) is 50.4 Å². The van der Waals surface area contributed by atoms with Gasteiger partial charge in [0.15, 0.2) is 0 Å². The van der Waals surface area contributed by atoms with Crippen LogP contribution in [0.4, 0.5) is 34.1 Å². The molecule has 0 radical (unpaired) electrons. The molecular weight excluding hydrogens is 709 g/mol. The van der Waals surface area contributed by atoms with Gasteiger partial charge in [0.1, 0.15) is 34.5 Å². The fourth-order valence-electron chi connectivity index (χ4n) is 6.18. The van der Waals surface area contributed by atoms with Crippen LogP contribution in [0.15, 0.2) is 182 Å². The summed E-state index contributed by atoms with van der Waals surface area (Å²) in [7, 11) is 0. The summed E-state index contributed by atoms with van der Waals surface area (Å²) in [6.45, 7) is 0. The normalized spacial score (nSPS) is 10.5. The molecule has 0 fully saturated rings. The van der Waals surface area contributed by atoms with Crippen LogP contribution in [0, 0.1) is 0 Å². The highest BCUT2D eigenvalue weighted by atomic mass is 16.5. The van der Waals surface area contributed by atoms with E-state index in [1.165, 1.54) is 0 Å². The van der Waals surface area contributed by atoms with Crippen molar-refractivity contribution in [3.63, 3.8) is 0 Å². The third-order valence-corrected chi connectivity index (χ3v) is 8.84. The van der Waals surface area contributed by atoms with Crippen molar-refractivity contribution in [1.82, 2.24) is 0 Å². The summed E-state index contributed by atoms with van der Waals surface area (Å²) in [6, 6.07) is 57.1. The molecule has 0 spiro atoms. The number of anilines is 6. The second-order valence-electron chi connectivity index (χ2n) is 13.3. The Bertz CT molecular complexity index is 2390. The minimum absolute atomic E-state index is 0.529. The molecule has 9 heteroatoms. The van der Waals surface area contributed by atoms with E-state index in [-0.39, 0.29) is 0 Å². The zero-order valence-corrected chi connectivity index (χ0v) is 31.0. The molecule has 57 heavy (non-hydrogen) atoms. The van der Waals surface area contributed by atoms with Gasteiger partial charge < -0.3 is 48.6 Å². The van der Waals surface area contributed by atoms with E-state index in [4.69, 9.17) is 48.6 Å². The summed E-state index contributed by atoms with van der Waals surface area (Å²) >= 11 is 0. The van der Waals surface area contributed by atoms with E-state index >= 15 is 0 Å². The summed E-state index contributed by atoms with van der Waals surface area (Å²) in [5.41, 5.74) is 46.1. The largest absolute Gasteiger partial charge is 0.457 e. The van der Waals surface area contributed by atoms with Crippen molar-refractivity contribution in [3.05, 3.63) is 182 Å². The molecule has 8 aromatic rings. The lowest BCUT2D eigenvalue weighted by atomic mass is 9.87. The smallest absolute Gasteiger partial charge is 0.134 e. The van der Waals surface area contributed by atoms with E-state index in [1.807, 2.05) is 72.8 Å². The fourth-order valence-corrected chi connectivity index (χ4v) is 6.18. The minimum Gasteiger partial charge on any atom is -0.457 e. The van der Waals surface area contributed by atoms with Crippen LogP contribution in [0.25, 0.3) is 33.4 Å². The Morgan fingerprint density at radius 1 is 0.246 bits per heavy atom. The van der Waals surface area contributed by atoms with E-state index in [9.17, 15) is 0 Å². The van der Waals surface area contributed by atoms with Crippen molar-refractivity contribution in [2.45, 2.75) is 0 Å².